The molecule has 0 atom stereocenters. The highest BCUT2D eigenvalue weighted by atomic mass is 35.5. The molecule has 1 heterocycles. The second kappa shape index (κ2) is 6.17. The second-order valence-corrected chi connectivity index (χ2v) is 4.25. The molecule has 92 valence electrons. The Balaban J connectivity index is 1.85. The first-order chi connectivity index (χ1) is 8.74. The lowest BCUT2D eigenvalue weighted by atomic mass is 10.1. The summed E-state index contributed by atoms with van der Waals surface area (Å²) in [5.74, 6) is 0.617. The minimum absolute atomic E-state index is 0.0150. The first-order valence-electron chi connectivity index (χ1n) is 5.53. The largest absolute Gasteiger partial charge is 0.486 e. The van der Waals surface area contributed by atoms with Gasteiger partial charge in [0, 0.05) is 23.8 Å². The van der Waals surface area contributed by atoms with Gasteiger partial charge in [0.1, 0.15) is 12.4 Å². The highest BCUT2D eigenvalue weighted by Crippen LogP contribution is 2.17. The number of benzene rings is 1. The fraction of sp³-hybridized carbons (Fsp3) is 0.143. The summed E-state index contributed by atoms with van der Waals surface area (Å²) in [6, 6.07) is 10.6. The van der Waals surface area contributed by atoms with Gasteiger partial charge in [-0.1, -0.05) is 17.7 Å². The zero-order valence-electron chi connectivity index (χ0n) is 9.67. The second-order valence-electron chi connectivity index (χ2n) is 3.82. The molecule has 0 spiro atoms. The Morgan fingerprint density at radius 1 is 1.22 bits per heavy atom. The van der Waals surface area contributed by atoms with Gasteiger partial charge in [-0.25, -0.2) is 0 Å². The molecule has 2 aromatic rings. The Hall–Kier alpha value is -1.87. The average Bonchev–Trinajstić information content (AvgIpc) is 2.38. The number of carbonyl (C=O) groups is 1. The molecule has 0 aliphatic heterocycles. The minimum atomic E-state index is 0.0150. The predicted molar refractivity (Wildman–Crippen MR) is 69.9 cm³/mol. The first-order valence-corrected chi connectivity index (χ1v) is 5.91. The van der Waals surface area contributed by atoms with E-state index in [1.54, 1.807) is 36.7 Å². The molecule has 0 saturated heterocycles. The van der Waals surface area contributed by atoms with Crippen LogP contribution >= 0.6 is 11.6 Å². The van der Waals surface area contributed by atoms with Crippen molar-refractivity contribution < 1.29 is 9.53 Å². The Kier molecular flexibility index (Phi) is 4.31. The van der Waals surface area contributed by atoms with Crippen molar-refractivity contribution in [1.82, 2.24) is 4.98 Å². The molecule has 18 heavy (non-hydrogen) atoms. The molecule has 3 nitrogen and oxygen atoms in total. The summed E-state index contributed by atoms with van der Waals surface area (Å²) in [6.07, 6.45) is 3.68. The summed E-state index contributed by atoms with van der Waals surface area (Å²) >= 11 is 5.82. The minimum Gasteiger partial charge on any atom is -0.486 e. The van der Waals surface area contributed by atoms with E-state index in [0.29, 0.717) is 17.2 Å². The number of aromatic nitrogens is 1. The molecule has 1 aromatic heterocycles. The summed E-state index contributed by atoms with van der Waals surface area (Å²) in [6.45, 7) is 0.0443. The lowest BCUT2D eigenvalue weighted by Crippen LogP contribution is -2.13. The molecule has 2 rings (SSSR count). The molecule has 4 heteroatoms. The summed E-state index contributed by atoms with van der Waals surface area (Å²) in [7, 11) is 0. The van der Waals surface area contributed by atoms with E-state index in [1.807, 2.05) is 12.1 Å². The van der Waals surface area contributed by atoms with Crippen LogP contribution in [0, 0.1) is 0 Å². The highest BCUT2D eigenvalue weighted by Gasteiger charge is 2.05. The van der Waals surface area contributed by atoms with Crippen LogP contribution in [0.3, 0.4) is 0 Å². The number of ketones is 1. The first kappa shape index (κ1) is 12.6. The number of carbonyl (C=O) groups excluding carboxylic acids is 1. The molecule has 0 unspecified atom stereocenters. The zero-order valence-corrected chi connectivity index (χ0v) is 10.4. The summed E-state index contributed by atoms with van der Waals surface area (Å²) < 4.78 is 5.37. The number of pyridine rings is 1. The Morgan fingerprint density at radius 3 is 2.72 bits per heavy atom. The van der Waals surface area contributed by atoms with Gasteiger partial charge < -0.3 is 4.74 Å². The SMILES string of the molecule is O=C(COc1cccc(Cl)c1)Cc1ccncc1. The molecule has 0 bridgehead atoms. The van der Waals surface area contributed by atoms with E-state index in [1.165, 1.54) is 0 Å². The van der Waals surface area contributed by atoms with E-state index in [4.69, 9.17) is 16.3 Å². The zero-order chi connectivity index (χ0) is 12.8. The van der Waals surface area contributed by atoms with Gasteiger partial charge in [0.05, 0.1) is 0 Å². The number of hydrogen-bond acceptors (Lipinski definition) is 3. The standard InChI is InChI=1S/C14H12ClNO2/c15-12-2-1-3-14(9-12)18-10-13(17)8-11-4-6-16-7-5-11/h1-7,9H,8,10H2. The lowest BCUT2D eigenvalue weighted by Gasteiger charge is -2.05. The average molecular weight is 262 g/mol. The number of ether oxygens (including phenoxy) is 1. The molecule has 0 amide bonds. The van der Waals surface area contributed by atoms with E-state index < -0.39 is 0 Å². The smallest absolute Gasteiger partial charge is 0.174 e. The molecule has 0 fully saturated rings. The van der Waals surface area contributed by atoms with Crippen molar-refractivity contribution in [3.05, 3.63) is 59.4 Å². The van der Waals surface area contributed by atoms with Gasteiger partial charge >= 0.3 is 0 Å². The Morgan fingerprint density at radius 2 is 2.00 bits per heavy atom. The van der Waals surface area contributed by atoms with Crippen molar-refractivity contribution in [1.29, 1.82) is 0 Å². The van der Waals surface area contributed by atoms with Gasteiger partial charge in [-0.3, -0.25) is 9.78 Å². The van der Waals surface area contributed by atoms with Gasteiger partial charge in [0.15, 0.2) is 5.78 Å². The van der Waals surface area contributed by atoms with Crippen molar-refractivity contribution in [3.63, 3.8) is 0 Å². The van der Waals surface area contributed by atoms with Crippen LogP contribution in [-0.4, -0.2) is 17.4 Å². The summed E-state index contributed by atoms with van der Waals surface area (Å²) in [4.78, 5) is 15.6. The Bertz CT molecular complexity index is 528. The molecule has 0 N–H and O–H groups in total. The number of halogens is 1. The van der Waals surface area contributed by atoms with Crippen LogP contribution in [0.25, 0.3) is 0 Å². The molecular weight excluding hydrogens is 250 g/mol. The topological polar surface area (TPSA) is 39.2 Å². The van der Waals surface area contributed by atoms with Crippen LogP contribution in [0.1, 0.15) is 5.56 Å². The normalized spacial score (nSPS) is 10.1. The Labute approximate surface area is 110 Å². The van der Waals surface area contributed by atoms with Crippen molar-refractivity contribution >= 4 is 17.4 Å². The molecule has 0 radical (unpaired) electrons. The van der Waals surface area contributed by atoms with Crippen LogP contribution in [0.2, 0.25) is 5.02 Å². The van der Waals surface area contributed by atoms with Crippen LogP contribution in [0.5, 0.6) is 5.75 Å². The number of hydrogen-bond donors (Lipinski definition) is 0. The maximum absolute atomic E-state index is 11.7. The van der Waals surface area contributed by atoms with Crippen LogP contribution < -0.4 is 4.74 Å². The van der Waals surface area contributed by atoms with Crippen molar-refractivity contribution in [2.45, 2.75) is 6.42 Å². The predicted octanol–water partition coefficient (Wildman–Crippen LogP) is 2.93. The van der Waals surface area contributed by atoms with Crippen LogP contribution in [-0.2, 0) is 11.2 Å². The van der Waals surface area contributed by atoms with Crippen molar-refractivity contribution in [2.24, 2.45) is 0 Å². The fourth-order valence-electron chi connectivity index (χ4n) is 1.50. The molecule has 0 saturated carbocycles. The highest BCUT2D eigenvalue weighted by molar-refractivity contribution is 6.30. The van der Waals surface area contributed by atoms with Gasteiger partial charge in [-0.05, 0) is 35.9 Å². The van der Waals surface area contributed by atoms with Gasteiger partial charge in [-0.2, -0.15) is 0 Å². The van der Waals surface area contributed by atoms with Crippen molar-refractivity contribution in [3.8, 4) is 5.75 Å². The lowest BCUT2D eigenvalue weighted by molar-refractivity contribution is -0.120. The summed E-state index contributed by atoms with van der Waals surface area (Å²) in [5.41, 5.74) is 0.935. The van der Waals surface area contributed by atoms with Gasteiger partial charge in [-0.15, -0.1) is 0 Å². The quantitative estimate of drug-likeness (QED) is 0.831. The maximum atomic E-state index is 11.7. The monoisotopic (exact) mass is 261 g/mol. The third kappa shape index (κ3) is 3.86. The third-order valence-electron chi connectivity index (χ3n) is 2.35. The third-order valence-corrected chi connectivity index (χ3v) is 2.58. The molecular formula is C14H12ClNO2. The summed E-state index contributed by atoms with van der Waals surface area (Å²) in [5, 5.41) is 0.592. The number of Topliss-reactive ketones (excluding diaryl/α,β-unsaturated/α-hetero) is 1. The van der Waals surface area contributed by atoms with E-state index in [9.17, 15) is 4.79 Å². The van der Waals surface area contributed by atoms with Crippen LogP contribution in [0.4, 0.5) is 0 Å². The van der Waals surface area contributed by atoms with E-state index in [-0.39, 0.29) is 12.4 Å². The van der Waals surface area contributed by atoms with Crippen molar-refractivity contribution in [2.75, 3.05) is 6.61 Å². The fourth-order valence-corrected chi connectivity index (χ4v) is 1.68. The van der Waals surface area contributed by atoms with E-state index in [2.05, 4.69) is 4.98 Å². The van der Waals surface area contributed by atoms with Gasteiger partial charge in [0.2, 0.25) is 0 Å². The van der Waals surface area contributed by atoms with E-state index >= 15 is 0 Å². The maximum Gasteiger partial charge on any atom is 0.174 e. The van der Waals surface area contributed by atoms with Gasteiger partial charge in [0.25, 0.3) is 0 Å². The number of nitrogens with zero attached hydrogens (tertiary/aromatic N) is 1. The molecule has 1 aromatic carbocycles. The molecule has 0 aliphatic carbocycles. The van der Waals surface area contributed by atoms with E-state index in [0.717, 1.165) is 5.56 Å². The molecule has 0 aliphatic rings. The number of rotatable bonds is 5. The van der Waals surface area contributed by atoms with Crippen LogP contribution in [0.15, 0.2) is 48.8 Å².